The first-order valence-electron chi connectivity index (χ1n) is 9.68. The van der Waals surface area contributed by atoms with Gasteiger partial charge < -0.3 is 29.6 Å². The highest BCUT2D eigenvalue weighted by Gasteiger charge is 2.16. The molecular formula is C20H29N4O3S+. The number of nitrogens with one attached hydrogen (secondary N) is 3. The van der Waals surface area contributed by atoms with E-state index in [1.54, 1.807) is 12.0 Å². The molecule has 1 fully saturated rings. The van der Waals surface area contributed by atoms with Gasteiger partial charge in [0.1, 0.15) is 18.8 Å². The number of pyridine rings is 1. The average Bonchev–Trinajstić information content (AvgIpc) is 2.73. The van der Waals surface area contributed by atoms with E-state index >= 15 is 0 Å². The number of aromatic amines is 1. The van der Waals surface area contributed by atoms with E-state index in [2.05, 4.69) is 15.2 Å². The van der Waals surface area contributed by atoms with Crippen LogP contribution in [-0.4, -0.2) is 68.5 Å². The Morgan fingerprint density at radius 2 is 2.14 bits per heavy atom. The van der Waals surface area contributed by atoms with Crippen molar-refractivity contribution in [1.29, 1.82) is 0 Å². The fourth-order valence-corrected chi connectivity index (χ4v) is 3.68. The Morgan fingerprint density at radius 1 is 1.36 bits per heavy atom. The van der Waals surface area contributed by atoms with Gasteiger partial charge in [-0.1, -0.05) is 0 Å². The molecular weight excluding hydrogens is 376 g/mol. The third-order valence-corrected chi connectivity index (χ3v) is 5.61. The van der Waals surface area contributed by atoms with Crippen molar-refractivity contribution < 1.29 is 14.4 Å². The van der Waals surface area contributed by atoms with Gasteiger partial charge in [0.2, 0.25) is 0 Å². The van der Waals surface area contributed by atoms with Gasteiger partial charge in [0.15, 0.2) is 5.11 Å². The largest absolute Gasteiger partial charge is 0.497 e. The van der Waals surface area contributed by atoms with Gasteiger partial charge >= 0.3 is 0 Å². The summed E-state index contributed by atoms with van der Waals surface area (Å²) in [7, 11) is 3.45. The number of ether oxygens (including phenoxy) is 2. The summed E-state index contributed by atoms with van der Waals surface area (Å²) in [4.78, 5) is 19.1. The molecule has 3 rings (SSSR count). The van der Waals surface area contributed by atoms with Crippen molar-refractivity contribution >= 4 is 28.2 Å². The molecule has 0 spiro atoms. The van der Waals surface area contributed by atoms with Crippen LogP contribution in [0.15, 0.2) is 29.1 Å². The smallest absolute Gasteiger partial charge is 0.253 e. The molecule has 7 nitrogen and oxygen atoms in total. The SMILES string of the molecule is CNC(=S)N(CCC[NH+]1CCOCC1)Cc1cc2cc(OC)ccc2[nH]c1=O. The molecule has 3 N–H and O–H groups in total. The monoisotopic (exact) mass is 405 g/mol. The normalized spacial score (nSPS) is 14.8. The van der Waals surface area contributed by atoms with Gasteiger partial charge in [-0.25, -0.2) is 0 Å². The lowest BCUT2D eigenvalue weighted by atomic mass is 10.1. The Balaban J connectivity index is 1.71. The van der Waals surface area contributed by atoms with Crippen LogP contribution < -0.4 is 20.5 Å². The first-order valence-corrected chi connectivity index (χ1v) is 10.1. The van der Waals surface area contributed by atoms with Gasteiger partial charge in [-0.3, -0.25) is 4.79 Å². The Hall–Kier alpha value is -2.16. The zero-order valence-corrected chi connectivity index (χ0v) is 17.4. The molecule has 1 aromatic heterocycles. The van der Waals surface area contributed by atoms with Crippen LogP contribution in [0.25, 0.3) is 10.9 Å². The second kappa shape index (κ2) is 9.86. The number of thiocarbonyl (C=S) groups is 1. The number of methoxy groups -OCH3 is 1. The van der Waals surface area contributed by atoms with Crippen molar-refractivity contribution in [3.8, 4) is 5.75 Å². The highest BCUT2D eigenvalue weighted by atomic mass is 32.1. The molecule has 1 aromatic carbocycles. The number of aromatic nitrogens is 1. The van der Waals surface area contributed by atoms with Crippen molar-refractivity contribution in [3.05, 3.63) is 40.2 Å². The van der Waals surface area contributed by atoms with Crippen LogP contribution in [0.4, 0.5) is 0 Å². The number of benzene rings is 1. The standard InChI is InChI=1S/C20H28N4O3S/c1-21-20(28)24(7-3-6-23-8-10-27-11-9-23)14-16-12-15-13-17(26-2)4-5-18(15)22-19(16)25/h4-5,12-13H,3,6-11,14H2,1-2H3,(H,21,28)(H,22,25)/p+1. The van der Waals surface area contributed by atoms with Crippen molar-refractivity contribution in [2.24, 2.45) is 0 Å². The minimum Gasteiger partial charge on any atom is -0.497 e. The first-order chi connectivity index (χ1) is 13.6. The summed E-state index contributed by atoms with van der Waals surface area (Å²) in [6.07, 6.45) is 1.01. The molecule has 0 atom stereocenters. The van der Waals surface area contributed by atoms with Crippen molar-refractivity contribution in [3.63, 3.8) is 0 Å². The van der Waals surface area contributed by atoms with Crippen LogP contribution in [-0.2, 0) is 11.3 Å². The van der Waals surface area contributed by atoms with E-state index in [4.69, 9.17) is 21.7 Å². The third-order valence-electron chi connectivity index (χ3n) is 5.15. The predicted octanol–water partition coefficient (Wildman–Crippen LogP) is 0.148. The number of fused-ring (bicyclic) bond motifs is 1. The highest BCUT2D eigenvalue weighted by molar-refractivity contribution is 7.80. The van der Waals surface area contributed by atoms with E-state index in [0.717, 1.165) is 62.5 Å². The van der Waals surface area contributed by atoms with Gasteiger partial charge in [-0.15, -0.1) is 0 Å². The molecule has 0 bridgehead atoms. The van der Waals surface area contributed by atoms with E-state index in [0.29, 0.717) is 17.2 Å². The lowest BCUT2D eigenvalue weighted by molar-refractivity contribution is -0.908. The molecule has 1 aliphatic rings. The van der Waals surface area contributed by atoms with Crippen LogP contribution in [0.1, 0.15) is 12.0 Å². The first kappa shape index (κ1) is 20.6. The number of H-pyrrole nitrogens is 1. The lowest BCUT2D eigenvalue weighted by Crippen LogP contribution is -3.14. The Labute approximate surface area is 170 Å². The Kier molecular flexibility index (Phi) is 7.24. The molecule has 1 aliphatic heterocycles. The summed E-state index contributed by atoms with van der Waals surface area (Å²) >= 11 is 5.48. The van der Waals surface area contributed by atoms with Crippen LogP contribution in [0.3, 0.4) is 0 Å². The maximum Gasteiger partial charge on any atom is 0.253 e. The predicted molar refractivity (Wildman–Crippen MR) is 114 cm³/mol. The zero-order chi connectivity index (χ0) is 19.9. The van der Waals surface area contributed by atoms with Gasteiger partial charge in [0.25, 0.3) is 5.56 Å². The molecule has 152 valence electrons. The van der Waals surface area contributed by atoms with Crippen molar-refractivity contribution in [2.75, 3.05) is 53.6 Å². The van der Waals surface area contributed by atoms with Gasteiger partial charge in [0.05, 0.1) is 33.4 Å². The van der Waals surface area contributed by atoms with E-state index in [-0.39, 0.29) is 5.56 Å². The topological polar surface area (TPSA) is 71.0 Å². The average molecular weight is 406 g/mol. The van der Waals surface area contributed by atoms with Crippen LogP contribution in [0.5, 0.6) is 5.75 Å². The number of hydrogen-bond acceptors (Lipinski definition) is 4. The lowest BCUT2D eigenvalue weighted by Gasteiger charge is -2.27. The van der Waals surface area contributed by atoms with Crippen molar-refractivity contribution in [2.45, 2.75) is 13.0 Å². The number of quaternary nitrogens is 1. The van der Waals surface area contributed by atoms with Gasteiger partial charge in [-0.2, -0.15) is 0 Å². The summed E-state index contributed by atoms with van der Waals surface area (Å²) < 4.78 is 10.7. The molecule has 2 aromatic rings. The van der Waals surface area contributed by atoms with E-state index in [1.165, 1.54) is 0 Å². The molecule has 2 heterocycles. The highest BCUT2D eigenvalue weighted by Crippen LogP contribution is 2.19. The third kappa shape index (κ3) is 5.21. The quantitative estimate of drug-likeness (QED) is 0.570. The number of morpholine rings is 1. The van der Waals surface area contributed by atoms with Crippen LogP contribution in [0, 0.1) is 0 Å². The van der Waals surface area contributed by atoms with Crippen molar-refractivity contribution in [1.82, 2.24) is 15.2 Å². The summed E-state index contributed by atoms with van der Waals surface area (Å²) in [6.45, 7) is 6.15. The van der Waals surface area contributed by atoms with E-state index in [1.807, 2.05) is 31.3 Å². The summed E-state index contributed by atoms with van der Waals surface area (Å²) in [5.41, 5.74) is 1.41. The minimum absolute atomic E-state index is 0.0830. The Morgan fingerprint density at radius 3 is 2.86 bits per heavy atom. The fourth-order valence-electron chi connectivity index (χ4n) is 3.52. The molecule has 28 heavy (non-hydrogen) atoms. The maximum atomic E-state index is 12.6. The Bertz CT molecular complexity index is 864. The van der Waals surface area contributed by atoms with Gasteiger partial charge in [0, 0.05) is 36.5 Å². The molecule has 8 heteroatoms. The molecule has 0 amide bonds. The van der Waals surface area contributed by atoms with Crippen LogP contribution >= 0.6 is 12.2 Å². The summed E-state index contributed by atoms with van der Waals surface area (Å²) in [6, 6.07) is 7.56. The number of hydrogen-bond donors (Lipinski definition) is 3. The van der Waals surface area contributed by atoms with Crippen LogP contribution in [0.2, 0.25) is 0 Å². The summed E-state index contributed by atoms with van der Waals surface area (Å²) in [5, 5.41) is 4.65. The molecule has 0 radical (unpaired) electrons. The molecule has 0 unspecified atom stereocenters. The second-order valence-corrected chi connectivity index (χ2v) is 7.41. The zero-order valence-electron chi connectivity index (χ0n) is 16.5. The van der Waals surface area contributed by atoms with E-state index < -0.39 is 0 Å². The minimum atomic E-state index is -0.0830. The van der Waals surface area contributed by atoms with Gasteiger partial charge in [-0.05, 0) is 36.5 Å². The number of nitrogens with zero attached hydrogens (tertiary/aromatic N) is 1. The second-order valence-electron chi connectivity index (χ2n) is 7.02. The molecule has 1 saturated heterocycles. The summed E-state index contributed by atoms with van der Waals surface area (Å²) in [5.74, 6) is 0.765. The van der Waals surface area contributed by atoms with E-state index in [9.17, 15) is 4.79 Å². The number of rotatable bonds is 7. The molecule has 0 saturated carbocycles. The fraction of sp³-hybridized carbons (Fsp3) is 0.500. The molecule has 0 aliphatic carbocycles. The maximum absolute atomic E-state index is 12.6.